The standard InChI is InChI=1S/C16H22O4S/c17-21(18,13-8-4-3-5-9-13)12-16-19-14-10-6-1-2-7-11-15(14)20-16/h3-5,8-9,14-16H,1-2,6-7,10-12H2/t14-,15-/m0/s1. The molecule has 2 aliphatic rings. The molecule has 0 N–H and O–H groups in total. The molecule has 1 aromatic rings. The van der Waals surface area contributed by atoms with E-state index in [1.165, 1.54) is 12.8 Å². The fraction of sp³-hybridized carbons (Fsp3) is 0.625. The van der Waals surface area contributed by atoms with Gasteiger partial charge in [-0.15, -0.1) is 0 Å². The van der Waals surface area contributed by atoms with E-state index in [2.05, 4.69) is 0 Å². The molecule has 21 heavy (non-hydrogen) atoms. The van der Waals surface area contributed by atoms with Crippen LogP contribution in [0.3, 0.4) is 0 Å². The van der Waals surface area contributed by atoms with Gasteiger partial charge in [0.25, 0.3) is 0 Å². The van der Waals surface area contributed by atoms with Gasteiger partial charge in [0.2, 0.25) is 0 Å². The number of sulfone groups is 1. The van der Waals surface area contributed by atoms with E-state index in [9.17, 15) is 8.42 Å². The Kier molecular flexibility index (Phi) is 4.62. The second-order valence-corrected chi connectivity index (χ2v) is 7.90. The Bertz CT molecular complexity index is 539. The lowest BCUT2D eigenvalue weighted by Crippen LogP contribution is -2.23. The number of hydrogen-bond donors (Lipinski definition) is 0. The summed E-state index contributed by atoms with van der Waals surface area (Å²) in [5.41, 5.74) is 0. The highest BCUT2D eigenvalue weighted by Crippen LogP contribution is 2.31. The highest BCUT2D eigenvalue weighted by atomic mass is 32.2. The smallest absolute Gasteiger partial charge is 0.183 e. The second-order valence-electron chi connectivity index (χ2n) is 5.86. The van der Waals surface area contributed by atoms with Crippen LogP contribution in [0, 0.1) is 0 Å². The molecule has 3 rings (SSSR count). The summed E-state index contributed by atoms with van der Waals surface area (Å²) in [5.74, 6) is -0.0932. The van der Waals surface area contributed by atoms with Gasteiger partial charge in [0, 0.05) is 0 Å². The zero-order valence-corrected chi connectivity index (χ0v) is 12.9. The maximum Gasteiger partial charge on any atom is 0.183 e. The third-order valence-electron chi connectivity index (χ3n) is 4.25. The van der Waals surface area contributed by atoms with Crippen LogP contribution in [0.1, 0.15) is 38.5 Å². The van der Waals surface area contributed by atoms with Gasteiger partial charge >= 0.3 is 0 Å². The van der Waals surface area contributed by atoms with Crippen molar-refractivity contribution in [3.63, 3.8) is 0 Å². The summed E-state index contributed by atoms with van der Waals surface area (Å²) in [5, 5.41) is 0. The number of fused-ring (bicyclic) bond motifs is 1. The summed E-state index contributed by atoms with van der Waals surface area (Å²) in [6.07, 6.45) is 6.23. The van der Waals surface area contributed by atoms with Crippen molar-refractivity contribution in [3.8, 4) is 0 Å². The Hall–Kier alpha value is -0.910. The molecule has 0 bridgehead atoms. The molecule has 1 aliphatic carbocycles. The molecule has 116 valence electrons. The van der Waals surface area contributed by atoms with E-state index < -0.39 is 16.1 Å². The summed E-state index contributed by atoms with van der Waals surface area (Å²) in [4.78, 5) is 0.335. The maximum absolute atomic E-state index is 12.4. The third kappa shape index (κ3) is 3.65. The van der Waals surface area contributed by atoms with Crippen LogP contribution in [0.2, 0.25) is 0 Å². The Balaban J connectivity index is 1.66. The maximum atomic E-state index is 12.4. The van der Waals surface area contributed by atoms with Gasteiger partial charge in [-0.2, -0.15) is 0 Å². The van der Waals surface area contributed by atoms with E-state index in [-0.39, 0.29) is 18.0 Å². The topological polar surface area (TPSA) is 52.6 Å². The van der Waals surface area contributed by atoms with Crippen molar-refractivity contribution >= 4 is 9.84 Å². The van der Waals surface area contributed by atoms with Crippen molar-refractivity contribution < 1.29 is 17.9 Å². The molecule has 1 aromatic carbocycles. The fourth-order valence-corrected chi connectivity index (χ4v) is 4.41. The van der Waals surface area contributed by atoms with E-state index in [4.69, 9.17) is 9.47 Å². The molecule has 1 aliphatic heterocycles. The number of benzene rings is 1. The van der Waals surface area contributed by atoms with E-state index in [1.807, 2.05) is 6.07 Å². The van der Waals surface area contributed by atoms with Crippen LogP contribution in [0.25, 0.3) is 0 Å². The predicted octanol–water partition coefficient (Wildman–Crippen LogP) is 2.92. The second kappa shape index (κ2) is 6.46. The summed E-state index contributed by atoms with van der Waals surface area (Å²) in [6, 6.07) is 8.51. The SMILES string of the molecule is O=S(=O)(CC1O[C@H]2CCCCCC[C@@H]2O1)c1ccccc1. The van der Waals surface area contributed by atoms with Gasteiger partial charge in [-0.05, 0) is 25.0 Å². The van der Waals surface area contributed by atoms with Gasteiger partial charge in [-0.3, -0.25) is 0 Å². The van der Waals surface area contributed by atoms with Crippen LogP contribution >= 0.6 is 0 Å². The highest BCUT2D eigenvalue weighted by Gasteiger charge is 2.38. The van der Waals surface area contributed by atoms with Crippen LogP contribution in [-0.4, -0.2) is 32.7 Å². The first kappa shape index (κ1) is 15.0. The van der Waals surface area contributed by atoms with Crippen molar-refractivity contribution in [1.82, 2.24) is 0 Å². The fourth-order valence-electron chi connectivity index (χ4n) is 3.13. The molecule has 0 spiro atoms. The largest absolute Gasteiger partial charge is 0.346 e. The average molecular weight is 310 g/mol. The zero-order valence-electron chi connectivity index (χ0n) is 12.1. The molecular weight excluding hydrogens is 288 g/mol. The van der Waals surface area contributed by atoms with E-state index in [0.29, 0.717) is 4.90 Å². The Morgan fingerprint density at radius 2 is 1.48 bits per heavy atom. The molecule has 2 fully saturated rings. The molecule has 1 saturated heterocycles. The van der Waals surface area contributed by atoms with Gasteiger partial charge < -0.3 is 9.47 Å². The van der Waals surface area contributed by atoms with Crippen molar-refractivity contribution in [2.24, 2.45) is 0 Å². The van der Waals surface area contributed by atoms with Crippen LogP contribution in [-0.2, 0) is 19.3 Å². The molecule has 1 saturated carbocycles. The highest BCUT2D eigenvalue weighted by molar-refractivity contribution is 7.91. The summed E-state index contributed by atoms with van der Waals surface area (Å²) < 4.78 is 36.5. The minimum atomic E-state index is -3.35. The lowest BCUT2D eigenvalue weighted by Gasteiger charge is -2.19. The van der Waals surface area contributed by atoms with Crippen LogP contribution in [0.4, 0.5) is 0 Å². The first-order valence-corrected chi connectivity index (χ1v) is 9.39. The van der Waals surface area contributed by atoms with Crippen molar-refractivity contribution in [1.29, 1.82) is 0 Å². The monoisotopic (exact) mass is 310 g/mol. The first-order chi connectivity index (χ1) is 10.1. The van der Waals surface area contributed by atoms with Gasteiger partial charge in [0.15, 0.2) is 16.1 Å². The van der Waals surface area contributed by atoms with Crippen LogP contribution in [0.5, 0.6) is 0 Å². The quantitative estimate of drug-likeness (QED) is 0.861. The molecule has 4 nitrogen and oxygen atoms in total. The number of rotatable bonds is 3. The Morgan fingerprint density at radius 3 is 2.05 bits per heavy atom. The van der Waals surface area contributed by atoms with E-state index in [1.54, 1.807) is 24.3 Å². The minimum Gasteiger partial charge on any atom is -0.346 e. The lowest BCUT2D eigenvalue weighted by atomic mass is 9.96. The molecule has 0 unspecified atom stereocenters. The average Bonchev–Trinajstić information content (AvgIpc) is 2.80. The Labute approximate surface area is 126 Å². The van der Waals surface area contributed by atoms with Crippen molar-refractivity contribution in [2.75, 3.05) is 5.75 Å². The third-order valence-corrected chi connectivity index (χ3v) is 5.95. The molecule has 0 aromatic heterocycles. The molecular formula is C16H22O4S. The molecule has 2 atom stereocenters. The summed E-state index contributed by atoms with van der Waals surface area (Å²) >= 11 is 0. The zero-order chi connectivity index (χ0) is 14.7. The summed E-state index contributed by atoms with van der Waals surface area (Å²) in [7, 11) is -3.35. The molecule has 1 heterocycles. The van der Waals surface area contributed by atoms with E-state index in [0.717, 1.165) is 25.7 Å². The lowest BCUT2D eigenvalue weighted by molar-refractivity contribution is -0.0492. The first-order valence-electron chi connectivity index (χ1n) is 7.74. The molecule has 0 radical (unpaired) electrons. The van der Waals surface area contributed by atoms with Crippen molar-refractivity contribution in [3.05, 3.63) is 30.3 Å². The van der Waals surface area contributed by atoms with Crippen LogP contribution in [0.15, 0.2) is 35.2 Å². The van der Waals surface area contributed by atoms with Gasteiger partial charge in [-0.25, -0.2) is 8.42 Å². The Morgan fingerprint density at radius 1 is 0.905 bits per heavy atom. The van der Waals surface area contributed by atoms with E-state index >= 15 is 0 Å². The number of hydrogen-bond acceptors (Lipinski definition) is 4. The molecule has 0 amide bonds. The predicted molar refractivity (Wildman–Crippen MR) is 79.7 cm³/mol. The normalized spacial score (nSPS) is 27.8. The van der Waals surface area contributed by atoms with Gasteiger partial charge in [0.05, 0.1) is 17.1 Å². The minimum absolute atomic E-state index is 0.0706. The number of ether oxygens (including phenoxy) is 2. The van der Waals surface area contributed by atoms with Gasteiger partial charge in [-0.1, -0.05) is 43.9 Å². The van der Waals surface area contributed by atoms with Crippen molar-refractivity contribution in [2.45, 2.75) is 61.9 Å². The van der Waals surface area contributed by atoms with Gasteiger partial charge in [0.1, 0.15) is 5.75 Å². The summed E-state index contributed by atoms with van der Waals surface area (Å²) in [6.45, 7) is 0. The van der Waals surface area contributed by atoms with Crippen LogP contribution < -0.4 is 0 Å². The molecule has 5 heteroatoms.